The molecule has 6 nitrogen and oxygen atoms in total. The van der Waals surface area contributed by atoms with Gasteiger partial charge in [-0.1, -0.05) is 41.9 Å². The highest BCUT2D eigenvalue weighted by atomic mass is 35.5. The molecule has 3 aromatic rings. The topological polar surface area (TPSA) is 75.7 Å². The Bertz CT molecular complexity index is 1090. The third kappa shape index (κ3) is 5.73. The second kappa shape index (κ2) is 8.98. The first-order valence-electron chi connectivity index (χ1n) is 8.68. The zero-order valence-electron chi connectivity index (χ0n) is 15.6. The van der Waals surface area contributed by atoms with E-state index in [1.807, 2.05) is 18.2 Å². The number of anilines is 2. The number of carbonyl (C=O) groups excluding carboxylic acids is 1. The van der Waals surface area contributed by atoms with Gasteiger partial charge in [0.2, 0.25) is 15.9 Å². The standard InChI is InChI=1S/C21H19ClN2O4S/c1-29(26,27)24(15-21(25)23-17-13-11-16(22)12-14-17)19-9-5-6-10-20(19)28-18-7-3-2-4-8-18/h2-14H,15H2,1H3,(H,23,25). The highest BCUT2D eigenvalue weighted by Crippen LogP contribution is 2.33. The summed E-state index contributed by atoms with van der Waals surface area (Å²) in [5.74, 6) is 0.384. The van der Waals surface area contributed by atoms with Crippen LogP contribution in [0.2, 0.25) is 5.02 Å². The fourth-order valence-corrected chi connectivity index (χ4v) is 3.60. The predicted octanol–water partition coefficient (Wildman–Crippen LogP) is 4.54. The van der Waals surface area contributed by atoms with E-state index in [2.05, 4.69) is 5.32 Å². The molecule has 0 bridgehead atoms. The van der Waals surface area contributed by atoms with Crippen LogP contribution in [0, 0.1) is 0 Å². The molecule has 0 unspecified atom stereocenters. The molecule has 29 heavy (non-hydrogen) atoms. The van der Waals surface area contributed by atoms with Gasteiger partial charge in [-0.3, -0.25) is 9.10 Å². The molecular formula is C21H19ClN2O4S. The summed E-state index contributed by atoms with van der Waals surface area (Å²) >= 11 is 5.84. The van der Waals surface area contributed by atoms with Crippen molar-refractivity contribution in [3.63, 3.8) is 0 Å². The second-order valence-electron chi connectivity index (χ2n) is 6.21. The van der Waals surface area contributed by atoms with Crippen molar-refractivity contribution in [1.29, 1.82) is 0 Å². The first kappa shape index (κ1) is 20.7. The summed E-state index contributed by atoms with van der Waals surface area (Å²) in [7, 11) is -3.76. The van der Waals surface area contributed by atoms with Gasteiger partial charge in [0.05, 0.1) is 11.9 Å². The van der Waals surface area contributed by atoms with Crippen LogP contribution < -0.4 is 14.4 Å². The molecule has 0 aromatic heterocycles. The van der Waals surface area contributed by atoms with Crippen molar-refractivity contribution >= 4 is 38.9 Å². The third-order valence-electron chi connectivity index (χ3n) is 3.92. The number of benzene rings is 3. The molecular weight excluding hydrogens is 412 g/mol. The van der Waals surface area contributed by atoms with E-state index in [-0.39, 0.29) is 5.69 Å². The average Bonchev–Trinajstić information content (AvgIpc) is 2.69. The predicted molar refractivity (Wildman–Crippen MR) is 115 cm³/mol. The SMILES string of the molecule is CS(=O)(=O)N(CC(=O)Nc1ccc(Cl)cc1)c1ccccc1Oc1ccccc1. The van der Waals surface area contributed by atoms with Gasteiger partial charge in [0.15, 0.2) is 5.75 Å². The molecule has 1 N–H and O–H groups in total. The highest BCUT2D eigenvalue weighted by Gasteiger charge is 2.24. The zero-order chi connectivity index (χ0) is 20.9. The Morgan fingerprint density at radius 3 is 2.24 bits per heavy atom. The minimum atomic E-state index is -3.76. The number of amides is 1. The van der Waals surface area contributed by atoms with Gasteiger partial charge in [-0.25, -0.2) is 8.42 Å². The quantitative estimate of drug-likeness (QED) is 0.597. The molecule has 150 valence electrons. The summed E-state index contributed by atoms with van der Waals surface area (Å²) in [6.07, 6.45) is 1.04. The van der Waals surface area contributed by atoms with E-state index < -0.39 is 22.5 Å². The largest absolute Gasteiger partial charge is 0.455 e. The fraction of sp³-hybridized carbons (Fsp3) is 0.0952. The molecule has 1 amide bonds. The molecule has 0 aliphatic carbocycles. The maximum atomic E-state index is 12.5. The summed E-state index contributed by atoms with van der Waals surface area (Å²) < 4.78 is 31.7. The monoisotopic (exact) mass is 430 g/mol. The molecule has 0 heterocycles. The van der Waals surface area contributed by atoms with Crippen LogP contribution in [0.4, 0.5) is 11.4 Å². The van der Waals surface area contributed by atoms with Crippen LogP contribution in [0.15, 0.2) is 78.9 Å². The van der Waals surface area contributed by atoms with E-state index in [0.717, 1.165) is 10.6 Å². The lowest BCUT2D eigenvalue weighted by molar-refractivity contribution is -0.114. The first-order chi connectivity index (χ1) is 13.8. The Hall–Kier alpha value is -3.03. The summed E-state index contributed by atoms with van der Waals surface area (Å²) in [4.78, 5) is 12.5. The second-order valence-corrected chi connectivity index (χ2v) is 8.55. The Morgan fingerprint density at radius 2 is 1.59 bits per heavy atom. The Morgan fingerprint density at radius 1 is 0.966 bits per heavy atom. The van der Waals surface area contributed by atoms with Crippen LogP contribution in [0.1, 0.15) is 0 Å². The van der Waals surface area contributed by atoms with Crippen molar-refractivity contribution in [2.75, 3.05) is 22.4 Å². The van der Waals surface area contributed by atoms with Crippen molar-refractivity contribution in [1.82, 2.24) is 0 Å². The Labute approximate surface area is 174 Å². The smallest absolute Gasteiger partial charge is 0.245 e. The summed E-state index contributed by atoms with van der Waals surface area (Å²) in [5.41, 5.74) is 0.784. The summed E-state index contributed by atoms with van der Waals surface area (Å²) in [6, 6.07) is 22.2. The maximum absolute atomic E-state index is 12.5. The minimum absolute atomic E-state index is 0.269. The molecule has 3 aromatic carbocycles. The molecule has 0 saturated heterocycles. The van der Waals surface area contributed by atoms with Gasteiger partial charge < -0.3 is 10.1 Å². The van der Waals surface area contributed by atoms with E-state index in [0.29, 0.717) is 22.2 Å². The van der Waals surface area contributed by atoms with Crippen LogP contribution in [0.25, 0.3) is 0 Å². The Kier molecular flexibility index (Phi) is 6.41. The van der Waals surface area contributed by atoms with Gasteiger partial charge in [-0.2, -0.15) is 0 Å². The first-order valence-corrected chi connectivity index (χ1v) is 10.9. The number of nitrogens with zero attached hydrogens (tertiary/aromatic N) is 1. The van der Waals surface area contributed by atoms with E-state index in [1.54, 1.807) is 60.7 Å². The lowest BCUT2D eigenvalue weighted by Crippen LogP contribution is -2.37. The van der Waals surface area contributed by atoms with Gasteiger partial charge >= 0.3 is 0 Å². The summed E-state index contributed by atoms with van der Waals surface area (Å²) in [6.45, 7) is -0.406. The van der Waals surface area contributed by atoms with Crippen molar-refractivity contribution in [2.24, 2.45) is 0 Å². The Balaban J connectivity index is 1.86. The number of halogens is 1. The molecule has 0 aliphatic heterocycles. The van der Waals surface area contributed by atoms with Gasteiger partial charge in [0, 0.05) is 10.7 Å². The molecule has 8 heteroatoms. The van der Waals surface area contributed by atoms with E-state index >= 15 is 0 Å². The minimum Gasteiger partial charge on any atom is -0.455 e. The number of para-hydroxylation sites is 3. The van der Waals surface area contributed by atoms with Crippen LogP contribution >= 0.6 is 11.6 Å². The molecule has 0 fully saturated rings. The van der Waals surface area contributed by atoms with Gasteiger partial charge in [0.25, 0.3) is 0 Å². The van der Waals surface area contributed by atoms with E-state index in [1.165, 1.54) is 0 Å². The van der Waals surface area contributed by atoms with Crippen LogP contribution in [0.5, 0.6) is 11.5 Å². The van der Waals surface area contributed by atoms with Gasteiger partial charge in [-0.15, -0.1) is 0 Å². The van der Waals surface area contributed by atoms with Gasteiger partial charge in [0.1, 0.15) is 12.3 Å². The molecule has 3 rings (SSSR count). The average molecular weight is 431 g/mol. The lowest BCUT2D eigenvalue weighted by Gasteiger charge is -2.24. The normalized spacial score (nSPS) is 11.0. The third-order valence-corrected chi connectivity index (χ3v) is 5.30. The lowest BCUT2D eigenvalue weighted by atomic mass is 10.2. The van der Waals surface area contributed by atoms with E-state index in [4.69, 9.17) is 16.3 Å². The van der Waals surface area contributed by atoms with Crippen molar-refractivity contribution in [3.8, 4) is 11.5 Å². The van der Waals surface area contributed by atoms with E-state index in [9.17, 15) is 13.2 Å². The maximum Gasteiger partial charge on any atom is 0.245 e. The number of ether oxygens (including phenoxy) is 1. The van der Waals surface area contributed by atoms with Crippen LogP contribution in [0.3, 0.4) is 0 Å². The van der Waals surface area contributed by atoms with Crippen molar-refractivity contribution in [3.05, 3.63) is 83.9 Å². The van der Waals surface area contributed by atoms with Crippen LogP contribution in [-0.4, -0.2) is 27.1 Å². The number of sulfonamides is 1. The number of carbonyl (C=O) groups is 1. The molecule has 0 saturated carbocycles. The van der Waals surface area contributed by atoms with Crippen LogP contribution in [-0.2, 0) is 14.8 Å². The molecule has 0 spiro atoms. The van der Waals surface area contributed by atoms with Crippen molar-refractivity contribution < 1.29 is 17.9 Å². The number of hydrogen-bond acceptors (Lipinski definition) is 4. The molecule has 0 aliphatic rings. The fourth-order valence-electron chi connectivity index (χ4n) is 2.61. The van der Waals surface area contributed by atoms with Crippen molar-refractivity contribution in [2.45, 2.75) is 0 Å². The number of rotatable bonds is 7. The summed E-state index contributed by atoms with van der Waals surface area (Å²) in [5, 5.41) is 3.20. The zero-order valence-corrected chi connectivity index (χ0v) is 17.2. The number of hydrogen-bond donors (Lipinski definition) is 1. The number of nitrogens with one attached hydrogen (secondary N) is 1. The molecule has 0 atom stereocenters. The highest BCUT2D eigenvalue weighted by molar-refractivity contribution is 7.92. The molecule has 0 radical (unpaired) electrons. The van der Waals surface area contributed by atoms with Gasteiger partial charge in [-0.05, 0) is 48.5 Å².